The molecule has 0 aliphatic rings. The molecule has 0 saturated carbocycles. The van der Waals surface area contributed by atoms with Crippen molar-refractivity contribution in [3.05, 3.63) is 57.0 Å². The summed E-state index contributed by atoms with van der Waals surface area (Å²) in [6.45, 7) is 0. The van der Waals surface area contributed by atoms with Crippen molar-refractivity contribution in [1.29, 1.82) is 0 Å². The van der Waals surface area contributed by atoms with Gasteiger partial charge >= 0.3 is 0 Å². The van der Waals surface area contributed by atoms with Crippen LogP contribution in [0.3, 0.4) is 0 Å². The van der Waals surface area contributed by atoms with Gasteiger partial charge in [0.05, 0.1) is 20.3 Å². The van der Waals surface area contributed by atoms with E-state index in [2.05, 4.69) is 15.9 Å². The van der Waals surface area contributed by atoms with E-state index in [9.17, 15) is 5.11 Å². The van der Waals surface area contributed by atoms with Crippen molar-refractivity contribution in [3.63, 3.8) is 0 Å². The van der Waals surface area contributed by atoms with Gasteiger partial charge in [0.25, 0.3) is 0 Å². The SMILES string of the molecule is COc1ccc(CC(O)c2cc(Br)ccc2Cl)cc1OC. The fourth-order valence-electron chi connectivity index (χ4n) is 2.11. The second kappa shape index (κ2) is 7.16. The minimum absolute atomic E-state index is 0.441. The number of ether oxygens (including phenoxy) is 2. The Balaban J connectivity index is 2.23. The number of hydrogen-bond acceptors (Lipinski definition) is 3. The first-order valence-electron chi connectivity index (χ1n) is 6.39. The summed E-state index contributed by atoms with van der Waals surface area (Å²) in [6, 6.07) is 11.0. The number of rotatable bonds is 5. The van der Waals surface area contributed by atoms with Crippen LogP contribution in [0.15, 0.2) is 40.9 Å². The van der Waals surface area contributed by atoms with Gasteiger partial charge in [-0.2, -0.15) is 0 Å². The Labute approximate surface area is 137 Å². The summed E-state index contributed by atoms with van der Waals surface area (Å²) < 4.78 is 11.4. The highest BCUT2D eigenvalue weighted by molar-refractivity contribution is 9.10. The fraction of sp³-hybridized carbons (Fsp3) is 0.250. The lowest BCUT2D eigenvalue weighted by Gasteiger charge is -2.15. The van der Waals surface area contributed by atoms with Gasteiger partial charge in [0, 0.05) is 21.5 Å². The number of benzene rings is 2. The monoisotopic (exact) mass is 370 g/mol. The van der Waals surface area contributed by atoms with Crippen LogP contribution in [-0.4, -0.2) is 19.3 Å². The van der Waals surface area contributed by atoms with Gasteiger partial charge in [0.1, 0.15) is 0 Å². The highest BCUT2D eigenvalue weighted by Gasteiger charge is 2.14. The first-order chi connectivity index (χ1) is 10.0. The highest BCUT2D eigenvalue weighted by atomic mass is 79.9. The molecule has 21 heavy (non-hydrogen) atoms. The van der Waals surface area contributed by atoms with E-state index < -0.39 is 6.10 Å². The zero-order valence-electron chi connectivity index (χ0n) is 11.8. The van der Waals surface area contributed by atoms with Crippen LogP contribution in [0.1, 0.15) is 17.2 Å². The summed E-state index contributed by atoms with van der Waals surface area (Å²) >= 11 is 9.52. The molecule has 0 saturated heterocycles. The zero-order chi connectivity index (χ0) is 15.4. The van der Waals surface area contributed by atoms with Gasteiger partial charge in [-0.1, -0.05) is 33.6 Å². The maximum Gasteiger partial charge on any atom is 0.160 e. The van der Waals surface area contributed by atoms with E-state index in [1.807, 2.05) is 30.3 Å². The fourth-order valence-corrected chi connectivity index (χ4v) is 2.73. The smallest absolute Gasteiger partial charge is 0.160 e. The van der Waals surface area contributed by atoms with Crippen LogP contribution in [0.2, 0.25) is 5.02 Å². The van der Waals surface area contributed by atoms with E-state index in [1.54, 1.807) is 20.3 Å². The van der Waals surface area contributed by atoms with E-state index >= 15 is 0 Å². The molecule has 112 valence electrons. The molecule has 1 unspecified atom stereocenters. The molecule has 0 aliphatic heterocycles. The minimum Gasteiger partial charge on any atom is -0.493 e. The summed E-state index contributed by atoms with van der Waals surface area (Å²) in [7, 11) is 3.18. The summed E-state index contributed by atoms with van der Waals surface area (Å²) in [4.78, 5) is 0. The summed E-state index contributed by atoms with van der Waals surface area (Å²) in [6.07, 6.45) is -0.246. The molecule has 0 bridgehead atoms. The van der Waals surface area contributed by atoms with Crippen LogP contribution >= 0.6 is 27.5 Å². The average molecular weight is 372 g/mol. The minimum atomic E-state index is -0.687. The lowest BCUT2D eigenvalue weighted by molar-refractivity contribution is 0.178. The van der Waals surface area contributed by atoms with Crippen molar-refractivity contribution in [2.24, 2.45) is 0 Å². The van der Waals surface area contributed by atoms with Crippen LogP contribution in [0.5, 0.6) is 11.5 Å². The maximum atomic E-state index is 10.4. The van der Waals surface area contributed by atoms with E-state index in [-0.39, 0.29) is 0 Å². The highest BCUT2D eigenvalue weighted by Crippen LogP contribution is 2.32. The molecule has 0 amide bonds. The Morgan fingerprint density at radius 2 is 1.81 bits per heavy atom. The van der Waals surface area contributed by atoms with Gasteiger partial charge in [0.2, 0.25) is 0 Å². The molecule has 2 rings (SSSR count). The molecular formula is C16H16BrClO3. The number of hydrogen-bond donors (Lipinski definition) is 1. The van der Waals surface area contributed by atoms with Crippen LogP contribution in [-0.2, 0) is 6.42 Å². The molecule has 1 atom stereocenters. The molecule has 0 spiro atoms. The number of aliphatic hydroxyl groups excluding tert-OH is 1. The van der Waals surface area contributed by atoms with Crippen LogP contribution in [0.25, 0.3) is 0 Å². The number of methoxy groups -OCH3 is 2. The quantitative estimate of drug-likeness (QED) is 0.847. The molecule has 0 aromatic heterocycles. The van der Waals surface area contributed by atoms with Crippen LogP contribution in [0.4, 0.5) is 0 Å². The van der Waals surface area contributed by atoms with Gasteiger partial charge in [-0.3, -0.25) is 0 Å². The topological polar surface area (TPSA) is 38.7 Å². The number of aliphatic hydroxyl groups is 1. The van der Waals surface area contributed by atoms with Crippen molar-refractivity contribution in [3.8, 4) is 11.5 Å². The van der Waals surface area contributed by atoms with Crippen molar-refractivity contribution in [2.45, 2.75) is 12.5 Å². The van der Waals surface area contributed by atoms with Crippen LogP contribution in [0, 0.1) is 0 Å². The summed E-state index contributed by atoms with van der Waals surface area (Å²) in [5, 5.41) is 10.9. The van der Waals surface area contributed by atoms with Gasteiger partial charge in [-0.25, -0.2) is 0 Å². The second-order valence-electron chi connectivity index (χ2n) is 4.58. The van der Waals surface area contributed by atoms with Crippen molar-refractivity contribution < 1.29 is 14.6 Å². The predicted molar refractivity (Wildman–Crippen MR) is 87.4 cm³/mol. The van der Waals surface area contributed by atoms with Gasteiger partial charge in [-0.05, 0) is 35.9 Å². The lowest BCUT2D eigenvalue weighted by Crippen LogP contribution is -2.03. The molecule has 0 aliphatic carbocycles. The van der Waals surface area contributed by atoms with Crippen molar-refractivity contribution in [2.75, 3.05) is 14.2 Å². The zero-order valence-corrected chi connectivity index (χ0v) is 14.1. The average Bonchev–Trinajstić information content (AvgIpc) is 2.49. The molecule has 5 heteroatoms. The molecule has 1 N–H and O–H groups in total. The maximum absolute atomic E-state index is 10.4. The summed E-state index contributed by atoms with van der Waals surface area (Å²) in [5.74, 6) is 1.30. The molecule has 3 nitrogen and oxygen atoms in total. The first-order valence-corrected chi connectivity index (χ1v) is 7.56. The van der Waals surface area contributed by atoms with E-state index in [0.29, 0.717) is 28.5 Å². The Morgan fingerprint density at radius 3 is 2.48 bits per heavy atom. The molecule has 2 aromatic rings. The normalized spacial score (nSPS) is 12.0. The van der Waals surface area contributed by atoms with Crippen molar-refractivity contribution >= 4 is 27.5 Å². The van der Waals surface area contributed by atoms with Crippen LogP contribution < -0.4 is 9.47 Å². The van der Waals surface area contributed by atoms with Crippen molar-refractivity contribution in [1.82, 2.24) is 0 Å². The number of halogens is 2. The van der Waals surface area contributed by atoms with Gasteiger partial charge < -0.3 is 14.6 Å². The van der Waals surface area contributed by atoms with Gasteiger partial charge in [0.15, 0.2) is 11.5 Å². The third-order valence-electron chi connectivity index (χ3n) is 3.19. The van der Waals surface area contributed by atoms with E-state index in [1.165, 1.54) is 0 Å². The molecular weight excluding hydrogens is 356 g/mol. The third kappa shape index (κ3) is 3.90. The third-order valence-corrected chi connectivity index (χ3v) is 4.03. The Hall–Kier alpha value is -1.23. The largest absolute Gasteiger partial charge is 0.493 e. The Kier molecular flexibility index (Phi) is 5.51. The molecule has 0 heterocycles. The summed E-state index contributed by atoms with van der Waals surface area (Å²) in [5.41, 5.74) is 1.64. The Bertz CT molecular complexity index is 631. The Morgan fingerprint density at radius 1 is 1.10 bits per heavy atom. The first kappa shape index (κ1) is 16.1. The predicted octanol–water partition coefficient (Wildman–Crippen LogP) is 4.40. The molecule has 0 radical (unpaired) electrons. The molecule has 2 aromatic carbocycles. The lowest BCUT2D eigenvalue weighted by atomic mass is 10.0. The van der Waals surface area contributed by atoms with E-state index in [0.717, 1.165) is 10.0 Å². The molecule has 0 fully saturated rings. The standard InChI is InChI=1S/C16H16BrClO3/c1-20-15-6-3-10(8-16(15)21-2)7-14(19)12-9-11(17)4-5-13(12)18/h3-6,8-9,14,19H,7H2,1-2H3. The van der Waals surface area contributed by atoms with E-state index in [4.69, 9.17) is 21.1 Å². The second-order valence-corrected chi connectivity index (χ2v) is 5.90. The van der Waals surface area contributed by atoms with Gasteiger partial charge in [-0.15, -0.1) is 0 Å².